The van der Waals surface area contributed by atoms with Crippen LogP contribution in [0.25, 0.3) is 0 Å². The van der Waals surface area contributed by atoms with Crippen molar-refractivity contribution in [2.75, 3.05) is 20.8 Å². The molecule has 0 aliphatic rings. The number of aromatic nitrogens is 1. The molecule has 1 aromatic rings. The highest BCUT2D eigenvalue weighted by Gasteiger charge is 2.26. The summed E-state index contributed by atoms with van der Waals surface area (Å²) in [5.74, 6) is -1.42. The average molecular weight is 294 g/mol. The Morgan fingerprint density at radius 3 is 2.56 bits per heavy atom. The Hall–Kier alpha value is -1.18. The quantitative estimate of drug-likeness (QED) is 0.765. The van der Waals surface area contributed by atoms with Gasteiger partial charge < -0.3 is 14.2 Å². The molecule has 0 saturated carbocycles. The molecular weight excluding hydrogens is 282 g/mol. The minimum atomic E-state index is -1.12. The first-order chi connectivity index (χ1) is 8.49. The molecule has 1 heterocycles. The number of thiazole rings is 1. The lowest BCUT2D eigenvalue weighted by Crippen LogP contribution is -2.32. The lowest BCUT2D eigenvalue weighted by Gasteiger charge is -2.14. The molecule has 0 aliphatic heterocycles. The maximum absolute atomic E-state index is 11.8. The second-order valence-electron chi connectivity index (χ2n) is 3.24. The fourth-order valence-corrected chi connectivity index (χ4v) is 2.22. The van der Waals surface area contributed by atoms with Crippen molar-refractivity contribution in [1.29, 1.82) is 0 Å². The number of nitrogens with zero attached hydrogens (tertiary/aromatic N) is 1. The van der Waals surface area contributed by atoms with Crippen LogP contribution in [-0.4, -0.2) is 43.9 Å². The standard InChI is InChI=1S/C10H12ClNO5S/c1-5-7(12-10(11)18-5)9(14)17-6(4-15-2)8(13)16-3/h6H,4H2,1-3H3. The summed E-state index contributed by atoms with van der Waals surface area (Å²) in [4.78, 5) is 27.6. The van der Waals surface area contributed by atoms with Crippen LogP contribution in [-0.2, 0) is 19.0 Å². The van der Waals surface area contributed by atoms with E-state index in [9.17, 15) is 9.59 Å². The molecule has 0 saturated heterocycles. The molecule has 0 aliphatic carbocycles. The topological polar surface area (TPSA) is 74.7 Å². The van der Waals surface area contributed by atoms with Gasteiger partial charge in [-0.1, -0.05) is 11.6 Å². The van der Waals surface area contributed by atoms with E-state index in [-0.39, 0.29) is 16.8 Å². The molecule has 1 rings (SSSR count). The monoisotopic (exact) mass is 293 g/mol. The van der Waals surface area contributed by atoms with Crippen LogP contribution in [0.4, 0.5) is 0 Å². The highest BCUT2D eigenvalue weighted by Crippen LogP contribution is 2.22. The summed E-state index contributed by atoms with van der Waals surface area (Å²) >= 11 is 6.84. The highest BCUT2D eigenvalue weighted by atomic mass is 35.5. The van der Waals surface area contributed by atoms with Crippen molar-refractivity contribution in [2.45, 2.75) is 13.0 Å². The normalized spacial score (nSPS) is 12.0. The number of carbonyl (C=O) groups is 2. The van der Waals surface area contributed by atoms with E-state index in [4.69, 9.17) is 21.1 Å². The minimum Gasteiger partial charge on any atom is -0.466 e. The first-order valence-electron chi connectivity index (χ1n) is 4.90. The number of ether oxygens (including phenoxy) is 3. The van der Waals surface area contributed by atoms with Gasteiger partial charge in [0.2, 0.25) is 6.10 Å². The smallest absolute Gasteiger partial charge is 0.359 e. The van der Waals surface area contributed by atoms with Crippen LogP contribution in [0, 0.1) is 6.92 Å². The average Bonchev–Trinajstić information content (AvgIpc) is 2.67. The first-order valence-corrected chi connectivity index (χ1v) is 6.09. The molecule has 0 spiro atoms. The summed E-state index contributed by atoms with van der Waals surface area (Å²) in [5, 5.41) is 0. The summed E-state index contributed by atoms with van der Waals surface area (Å²) in [5.41, 5.74) is 0.0926. The van der Waals surface area contributed by atoms with Crippen LogP contribution in [0.1, 0.15) is 15.4 Å². The van der Waals surface area contributed by atoms with Gasteiger partial charge in [-0.15, -0.1) is 11.3 Å². The molecule has 0 fully saturated rings. The van der Waals surface area contributed by atoms with Gasteiger partial charge in [0.1, 0.15) is 0 Å². The number of hydrogen-bond donors (Lipinski definition) is 0. The number of aryl methyl sites for hydroxylation is 1. The van der Waals surface area contributed by atoms with Gasteiger partial charge >= 0.3 is 11.9 Å². The lowest BCUT2D eigenvalue weighted by molar-refractivity contribution is -0.153. The Morgan fingerprint density at radius 1 is 1.44 bits per heavy atom. The number of esters is 2. The molecular formula is C10H12ClNO5S. The van der Waals surface area contributed by atoms with Gasteiger partial charge in [-0.3, -0.25) is 0 Å². The maximum Gasteiger partial charge on any atom is 0.359 e. The number of halogens is 1. The van der Waals surface area contributed by atoms with Crippen LogP contribution in [0.5, 0.6) is 0 Å². The zero-order chi connectivity index (χ0) is 13.7. The van der Waals surface area contributed by atoms with Gasteiger partial charge in [0.25, 0.3) is 0 Å². The molecule has 8 heteroatoms. The molecule has 0 amide bonds. The zero-order valence-electron chi connectivity index (χ0n) is 10.1. The molecule has 18 heavy (non-hydrogen) atoms. The van der Waals surface area contributed by atoms with Crippen LogP contribution >= 0.6 is 22.9 Å². The minimum absolute atomic E-state index is 0.0880. The van der Waals surface area contributed by atoms with Crippen molar-refractivity contribution >= 4 is 34.9 Å². The van der Waals surface area contributed by atoms with E-state index < -0.39 is 18.0 Å². The Kier molecular flexibility index (Phi) is 5.52. The van der Waals surface area contributed by atoms with Crippen molar-refractivity contribution in [3.63, 3.8) is 0 Å². The first kappa shape index (κ1) is 14.9. The number of methoxy groups -OCH3 is 2. The van der Waals surface area contributed by atoms with Gasteiger partial charge in [0.15, 0.2) is 10.2 Å². The van der Waals surface area contributed by atoms with Crippen molar-refractivity contribution in [2.24, 2.45) is 0 Å². The molecule has 0 bridgehead atoms. The summed E-state index contributed by atoms with van der Waals surface area (Å²) in [6.45, 7) is 1.60. The fraction of sp³-hybridized carbons (Fsp3) is 0.500. The predicted molar refractivity (Wildman–Crippen MR) is 65.0 cm³/mol. The summed E-state index contributed by atoms with van der Waals surface area (Å²) in [6, 6.07) is 0. The van der Waals surface area contributed by atoms with Gasteiger partial charge in [-0.25, -0.2) is 14.6 Å². The predicted octanol–water partition coefficient (Wildman–Crippen LogP) is 1.45. The maximum atomic E-state index is 11.8. The summed E-state index contributed by atoms with van der Waals surface area (Å²) in [6.07, 6.45) is -1.12. The number of rotatable bonds is 5. The Labute approximate surface area is 113 Å². The van der Waals surface area contributed by atoms with Crippen molar-refractivity contribution in [3.8, 4) is 0 Å². The second kappa shape index (κ2) is 6.67. The number of hydrogen-bond acceptors (Lipinski definition) is 7. The number of carbonyl (C=O) groups excluding carboxylic acids is 2. The van der Waals surface area contributed by atoms with E-state index in [0.29, 0.717) is 4.88 Å². The third-order valence-corrected chi connectivity index (χ3v) is 3.07. The lowest BCUT2D eigenvalue weighted by atomic mass is 10.3. The Morgan fingerprint density at radius 2 is 2.11 bits per heavy atom. The largest absolute Gasteiger partial charge is 0.466 e. The van der Waals surface area contributed by atoms with Crippen LogP contribution in [0.2, 0.25) is 4.47 Å². The van der Waals surface area contributed by atoms with Gasteiger partial charge in [-0.2, -0.15) is 0 Å². The summed E-state index contributed by atoms with van der Waals surface area (Å²) < 4.78 is 14.5. The third-order valence-electron chi connectivity index (χ3n) is 2.00. The molecule has 1 unspecified atom stereocenters. The second-order valence-corrected chi connectivity index (χ2v) is 5.03. The van der Waals surface area contributed by atoms with Crippen LogP contribution in [0.15, 0.2) is 0 Å². The SMILES string of the molecule is COCC(OC(=O)c1nc(Cl)sc1C)C(=O)OC. The van der Waals surface area contributed by atoms with E-state index in [1.165, 1.54) is 14.2 Å². The van der Waals surface area contributed by atoms with E-state index in [1.54, 1.807) is 6.92 Å². The van der Waals surface area contributed by atoms with E-state index in [1.807, 2.05) is 0 Å². The van der Waals surface area contributed by atoms with Crippen molar-refractivity contribution in [3.05, 3.63) is 15.0 Å². The van der Waals surface area contributed by atoms with Crippen molar-refractivity contribution < 1.29 is 23.8 Å². The Bertz CT molecular complexity index is 447. The molecule has 0 aromatic carbocycles. The fourth-order valence-electron chi connectivity index (χ4n) is 1.17. The van der Waals surface area contributed by atoms with Gasteiger partial charge in [0, 0.05) is 12.0 Å². The van der Waals surface area contributed by atoms with Gasteiger partial charge in [0.05, 0.1) is 13.7 Å². The van der Waals surface area contributed by atoms with Crippen molar-refractivity contribution in [1.82, 2.24) is 4.98 Å². The molecule has 1 atom stereocenters. The zero-order valence-corrected chi connectivity index (χ0v) is 11.6. The van der Waals surface area contributed by atoms with Crippen LogP contribution < -0.4 is 0 Å². The molecule has 0 radical (unpaired) electrons. The van der Waals surface area contributed by atoms with E-state index in [2.05, 4.69) is 9.72 Å². The molecule has 100 valence electrons. The molecule has 0 N–H and O–H groups in total. The van der Waals surface area contributed by atoms with Gasteiger partial charge in [-0.05, 0) is 6.92 Å². The third kappa shape index (κ3) is 3.66. The summed E-state index contributed by atoms with van der Waals surface area (Å²) in [7, 11) is 2.58. The van der Waals surface area contributed by atoms with E-state index >= 15 is 0 Å². The Balaban J connectivity index is 2.78. The van der Waals surface area contributed by atoms with E-state index in [0.717, 1.165) is 11.3 Å². The van der Waals surface area contributed by atoms with Crippen LogP contribution in [0.3, 0.4) is 0 Å². The molecule has 6 nitrogen and oxygen atoms in total. The molecule has 1 aromatic heterocycles. The highest BCUT2D eigenvalue weighted by molar-refractivity contribution is 7.15.